The molecule has 0 amide bonds. The Labute approximate surface area is 92.9 Å². The van der Waals surface area contributed by atoms with Gasteiger partial charge in [-0.25, -0.2) is 4.98 Å². The molecule has 0 aliphatic carbocycles. The third kappa shape index (κ3) is 2.11. The fourth-order valence-electron chi connectivity index (χ4n) is 1.29. The van der Waals surface area contributed by atoms with Crippen LogP contribution in [0.5, 0.6) is 0 Å². The van der Waals surface area contributed by atoms with Crippen LogP contribution in [0.25, 0.3) is 10.8 Å². The van der Waals surface area contributed by atoms with E-state index in [0.717, 1.165) is 27.8 Å². The number of hydrogen-bond donors (Lipinski definition) is 1. The number of thiazole rings is 1. The summed E-state index contributed by atoms with van der Waals surface area (Å²) in [4.78, 5) is 5.38. The molecule has 1 unspecified atom stereocenters. The van der Waals surface area contributed by atoms with Gasteiger partial charge in [0.1, 0.15) is 5.76 Å². The van der Waals surface area contributed by atoms with Crippen molar-refractivity contribution < 1.29 is 4.42 Å². The van der Waals surface area contributed by atoms with Gasteiger partial charge < -0.3 is 10.2 Å². The van der Waals surface area contributed by atoms with Crippen LogP contribution in [0.1, 0.15) is 30.5 Å². The van der Waals surface area contributed by atoms with Gasteiger partial charge in [-0.2, -0.15) is 0 Å². The lowest BCUT2D eigenvalue weighted by atomic mass is 10.3. The van der Waals surface area contributed by atoms with Crippen molar-refractivity contribution in [1.29, 1.82) is 0 Å². The average Bonchev–Trinajstić information content (AvgIpc) is 2.86. The van der Waals surface area contributed by atoms with Gasteiger partial charge in [-0.1, -0.05) is 6.92 Å². The first-order valence-electron chi connectivity index (χ1n) is 5.01. The van der Waals surface area contributed by atoms with Gasteiger partial charge in [0.25, 0.3) is 0 Å². The van der Waals surface area contributed by atoms with E-state index in [1.54, 1.807) is 11.3 Å². The molecule has 0 aliphatic heterocycles. The molecular weight excluding hydrogens is 208 g/mol. The molecule has 2 aromatic rings. The summed E-state index contributed by atoms with van der Waals surface area (Å²) in [5, 5.41) is 0.905. The van der Waals surface area contributed by atoms with E-state index in [9.17, 15) is 0 Å². The number of rotatable bonds is 3. The molecule has 2 aromatic heterocycles. The Morgan fingerprint density at radius 2 is 2.33 bits per heavy atom. The SMILES string of the molecule is CCc1ccc(-c2ncc(C(C)N)s2)o1. The predicted octanol–water partition coefficient (Wildman–Crippen LogP) is 2.99. The molecule has 1 atom stereocenters. The number of aryl methyl sites for hydroxylation is 1. The van der Waals surface area contributed by atoms with Crippen molar-refractivity contribution >= 4 is 11.3 Å². The van der Waals surface area contributed by atoms with Crippen LogP contribution in [-0.2, 0) is 6.42 Å². The zero-order valence-corrected chi connectivity index (χ0v) is 9.67. The summed E-state index contributed by atoms with van der Waals surface area (Å²) in [5.74, 6) is 1.83. The first-order valence-corrected chi connectivity index (χ1v) is 5.82. The van der Waals surface area contributed by atoms with Crippen LogP contribution in [0.2, 0.25) is 0 Å². The minimum absolute atomic E-state index is 0.0388. The Morgan fingerprint density at radius 1 is 1.53 bits per heavy atom. The smallest absolute Gasteiger partial charge is 0.162 e. The number of nitrogens with zero attached hydrogens (tertiary/aromatic N) is 1. The zero-order valence-electron chi connectivity index (χ0n) is 8.86. The molecule has 4 heteroatoms. The van der Waals surface area contributed by atoms with E-state index in [4.69, 9.17) is 10.2 Å². The number of hydrogen-bond acceptors (Lipinski definition) is 4. The van der Waals surface area contributed by atoms with E-state index in [1.165, 1.54) is 0 Å². The molecule has 0 fully saturated rings. The van der Waals surface area contributed by atoms with Crippen molar-refractivity contribution in [3.05, 3.63) is 29.0 Å². The van der Waals surface area contributed by atoms with Gasteiger partial charge in [-0.3, -0.25) is 0 Å². The van der Waals surface area contributed by atoms with Gasteiger partial charge in [0.05, 0.1) is 0 Å². The second-order valence-corrected chi connectivity index (χ2v) is 4.54. The van der Waals surface area contributed by atoms with Gasteiger partial charge in [0, 0.05) is 23.5 Å². The first kappa shape index (κ1) is 10.4. The molecule has 3 nitrogen and oxygen atoms in total. The monoisotopic (exact) mass is 222 g/mol. The van der Waals surface area contributed by atoms with Crippen molar-refractivity contribution in [2.45, 2.75) is 26.3 Å². The van der Waals surface area contributed by atoms with Crippen molar-refractivity contribution in [3.63, 3.8) is 0 Å². The highest BCUT2D eigenvalue weighted by Gasteiger charge is 2.10. The number of aromatic nitrogens is 1. The highest BCUT2D eigenvalue weighted by atomic mass is 32.1. The lowest BCUT2D eigenvalue weighted by Crippen LogP contribution is -2.01. The summed E-state index contributed by atoms with van der Waals surface area (Å²) in [6, 6.07) is 3.99. The molecule has 0 spiro atoms. The van der Waals surface area contributed by atoms with E-state index in [2.05, 4.69) is 11.9 Å². The Balaban J connectivity index is 2.28. The van der Waals surface area contributed by atoms with Crippen LogP contribution >= 0.6 is 11.3 Å². The molecule has 2 rings (SSSR count). The molecule has 0 radical (unpaired) electrons. The van der Waals surface area contributed by atoms with E-state index < -0.39 is 0 Å². The molecular formula is C11H14N2OS. The van der Waals surface area contributed by atoms with Crippen molar-refractivity contribution in [2.75, 3.05) is 0 Å². The molecule has 0 saturated heterocycles. The van der Waals surface area contributed by atoms with E-state index in [1.807, 2.05) is 25.3 Å². The second-order valence-electron chi connectivity index (χ2n) is 3.48. The van der Waals surface area contributed by atoms with Crippen LogP contribution in [0.4, 0.5) is 0 Å². The number of furan rings is 1. The quantitative estimate of drug-likeness (QED) is 0.868. The van der Waals surface area contributed by atoms with Crippen LogP contribution in [0.3, 0.4) is 0 Å². The molecule has 80 valence electrons. The molecule has 0 bridgehead atoms. The maximum absolute atomic E-state index is 5.78. The summed E-state index contributed by atoms with van der Waals surface area (Å²) in [7, 11) is 0. The fraction of sp³-hybridized carbons (Fsp3) is 0.364. The summed E-state index contributed by atoms with van der Waals surface area (Å²) in [6.45, 7) is 4.02. The molecule has 2 heterocycles. The summed E-state index contributed by atoms with van der Waals surface area (Å²) < 4.78 is 5.62. The van der Waals surface area contributed by atoms with Crippen LogP contribution in [-0.4, -0.2) is 4.98 Å². The maximum Gasteiger partial charge on any atom is 0.162 e. The Morgan fingerprint density at radius 3 is 2.87 bits per heavy atom. The summed E-state index contributed by atoms with van der Waals surface area (Å²) >= 11 is 1.59. The average molecular weight is 222 g/mol. The molecule has 0 saturated carbocycles. The van der Waals surface area contributed by atoms with E-state index in [0.29, 0.717) is 0 Å². The van der Waals surface area contributed by atoms with E-state index >= 15 is 0 Å². The fourth-order valence-corrected chi connectivity index (χ4v) is 2.12. The molecule has 0 aliphatic rings. The molecule has 0 aromatic carbocycles. The largest absolute Gasteiger partial charge is 0.459 e. The third-order valence-corrected chi connectivity index (χ3v) is 3.41. The second kappa shape index (κ2) is 4.16. The Bertz CT molecular complexity index is 445. The first-order chi connectivity index (χ1) is 7.20. The molecule has 2 N–H and O–H groups in total. The lowest BCUT2D eigenvalue weighted by Gasteiger charge is -1.96. The topological polar surface area (TPSA) is 52.0 Å². The molecule has 15 heavy (non-hydrogen) atoms. The minimum atomic E-state index is 0.0388. The van der Waals surface area contributed by atoms with Gasteiger partial charge in [0.15, 0.2) is 10.8 Å². The van der Waals surface area contributed by atoms with Crippen LogP contribution < -0.4 is 5.73 Å². The van der Waals surface area contributed by atoms with Crippen molar-refractivity contribution in [3.8, 4) is 10.8 Å². The van der Waals surface area contributed by atoms with Gasteiger partial charge in [-0.15, -0.1) is 11.3 Å². The lowest BCUT2D eigenvalue weighted by molar-refractivity contribution is 0.529. The van der Waals surface area contributed by atoms with Crippen molar-refractivity contribution in [2.24, 2.45) is 5.73 Å². The number of nitrogens with two attached hydrogens (primary N) is 1. The van der Waals surface area contributed by atoms with E-state index in [-0.39, 0.29) is 6.04 Å². The third-order valence-electron chi connectivity index (χ3n) is 2.19. The van der Waals surface area contributed by atoms with Crippen LogP contribution in [0, 0.1) is 0 Å². The Kier molecular flexibility index (Phi) is 2.88. The van der Waals surface area contributed by atoms with Crippen LogP contribution in [0.15, 0.2) is 22.7 Å². The highest BCUT2D eigenvalue weighted by Crippen LogP contribution is 2.29. The summed E-state index contributed by atoms with van der Waals surface area (Å²) in [6.07, 6.45) is 2.73. The van der Waals surface area contributed by atoms with Gasteiger partial charge in [0.2, 0.25) is 0 Å². The standard InChI is InChI=1S/C11H14N2OS/c1-3-8-4-5-9(14-8)11-13-6-10(15-11)7(2)12/h4-7H,3,12H2,1-2H3. The predicted molar refractivity (Wildman–Crippen MR) is 61.8 cm³/mol. The minimum Gasteiger partial charge on any atom is -0.459 e. The van der Waals surface area contributed by atoms with Gasteiger partial charge >= 0.3 is 0 Å². The van der Waals surface area contributed by atoms with Gasteiger partial charge in [-0.05, 0) is 19.1 Å². The highest BCUT2D eigenvalue weighted by molar-refractivity contribution is 7.15. The Hall–Kier alpha value is -1.13. The normalized spacial score (nSPS) is 13.0. The maximum atomic E-state index is 5.78. The van der Waals surface area contributed by atoms with Crippen molar-refractivity contribution in [1.82, 2.24) is 4.98 Å². The summed E-state index contributed by atoms with van der Waals surface area (Å²) in [5.41, 5.74) is 5.78. The zero-order chi connectivity index (χ0) is 10.8.